The SMILES string of the molecule is O=C1C[C@H](N2CCN(S(=O)(=O)c3ccc(Cl)c(Cl)c3)CC2)C(=O)N1Cc1ccccc1. The first-order valence-electron chi connectivity index (χ1n) is 9.85. The maximum atomic E-state index is 12.9. The van der Waals surface area contributed by atoms with Crippen LogP contribution in [0.3, 0.4) is 0 Å². The van der Waals surface area contributed by atoms with E-state index in [2.05, 4.69) is 0 Å². The molecule has 2 heterocycles. The van der Waals surface area contributed by atoms with E-state index in [1.54, 1.807) is 0 Å². The van der Waals surface area contributed by atoms with Crippen LogP contribution >= 0.6 is 23.2 Å². The standard InChI is InChI=1S/C21H21Cl2N3O4S/c22-17-7-6-16(12-18(17)23)31(29,30)25-10-8-24(9-11-25)19-13-20(27)26(21(19)28)14-15-4-2-1-3-5-15/h1-7,12,19H,8-11,13-14H2/t19-/m0/s1. The van der Waals surface area contributed by atoms with Gasteiger partial charge in [-0.25, -0.2) is 8.42 Å². The van der Waals surface area contributed by atoms with Gasteiger partial charge >= 0.3 is 0 Å². The van der Waals surface area contributed by atoms with Crippen LogP contribution in [-0.4, -0.2) is 66.6 Å². The molecule has 31 heavy (non-hydrogen) atoms. The van der Waals surface area contributed by atoms with Gasteiger partial charge in [-0.15, -0.1) is 0 Å². The number of imide groups is 1. The Labute approximate surface area is 191 Å². The van der Waals surface area contributed by atoms with E-state index in [4.69, 9.17) is 23.2 Å². The quantitative estimate of drug-likeness (QED) is 0.613. The molecular formula is C21H21Cl2N3O4S. The number of carbonyl (C=O) groups is 2. The van der Waals surface area contributed by atoms with Crippen LogP contribution in [0.4, 0.5) is 0 Å². The number of hydrogen-bond donors (Lipinski definition) is 0. The van der Waals surface area contributed by atoms with Gasteiger partial charge in [-0.05, 0) is 23.8 Å². The van der Waals surface area contributed by atoms with Crippen molar-refractivity contribution in [1.29, 1.82) is 0 Å². The first-order valence-corrected chi connectivity index (χ1v) is 12.0. The topological polar surface area (TPSA) is 78.0 Å². The molecule has 2 saturated heterocycles. The van der Waals surface area contributed by atoms with Crippen molar-refractivity contribution in [2.24, 2.45) is 0 Å². The van der Waals surface area contributed by atoms with Crippen LogP contribution in [0.2, 0.25) is 10.0 Å². The van der Waals surface area contributed by atoms with Crippen molar-refractivity contribution in [3.63, 3.8) is 0 Å². The lowest BCUT2D eigenvalue weighted by Gasteiger charge is -2.36. The summed E-state index contributed by atoms with van der Waals surface area (Å²) in [5.41, 5.74) is 0.891. The number of nitrogens with zero attached hydrogens (tertiary/aromatic N) is 3. The second-order valence-corrected chi connectivity index (χ2v) is 10.3. The average Bonchev–Trinajstić information content (AvgIpc) is 3.04. The molecule has 2 aromatic rings. The fraction of sp³-hybridized carbons (Fsp3) is 0.333. The zero-order chi connectivity index (χ0) is 22.2. The minimum atomic E-state index is -3.72. The summed E-state index contributed by atoms with van der Waals surface area (Å²) < 4.78 is 27.2. The van der Waals surface area contributed by atoms with E-state index in [-0.39, 0.29) is 52.8 Å². The van der Waals surface area contributed by atoms with E-state index in [1.807, 2.05) is 35.2 Å². The zero-order valence-corrected chi connectivity index (χ0v) is 18.9. The maximum absolute atomic E-state index is 12.9. The normalized spacial score (nSPS) is 21.1. The highest BCUT2D eigenvalue weighted by Gasteiger charge is 2.43. The molecule has 0 bridgehead atoms. The molecule has 0 spiro atoms. The Hall–Kier alpha value is -1.97. The van der Waals surface area contributed by atoms with Crippen molar-refractivity contribution in [3.05, 3.63) is 64.1 Å². The molecule has 164 valence electrons. The second kappa shape index (κ2) is 8.88. The summed E-state index contributed by atoms with van der Waals surface area (Å²) in [4.78, 5) is 28.6. The third-order valence-corrected chi connectivity index (χ3v) is 8.28. The van der Waals surface area contributed by atoms with Crippen LogP contribution in [-0.2, 0) is 26.2 Å². The molecule has 0 saturated carbocycles. The predicted molar refractivity (Wildman–Crippen MR) is 117 cm³/mol. The number of hydrogen-bond acceptors (Lipinski definition) is 5. The summed E-state index contributed by atoms with van der Waals surface area (Å²) in [7, 11) is -3.72. The molecule has 0 aliphatic carbocycles. The van der Waals surface area contributed by atoms with Gasteiger partial charge in [-0.3, -0.25) is 19.4 Å². The van der Waals surface area contributed by atoms with Crippen LogP contribution in [0.25, 0.3) is 0 Å². The van der Waals surface area contributed by atoms with Crippen molar-refractivity contribution in [1.82, 2.24) is 14.1 Å². The molecule has 2 aromatic carbocycles. The van der Waals surface area contributed by atoms with Crippen molar-refractivity contribution < 1.29 is 18.0 Å². The van der Waals surface area contributed by atoms with Gasteiger partial charge < -0.3 is 0 Å². The molecular weight excluding hydrogens is 461 g/mol. The third kappa shape index (κ3) is 4.49. The molecule has 0 radical (unpaired) electrons. The molecule has 4 rings (SSSR count). The number of sulfonamides is 1. The zero-order valence-electron chi connectivity index (χ0n) is 16.6. The van der Waals surface area contributed by atoms with Crippen molar-refractivity contribution in [2.75, 3.05) is 26.2 Å². The van der Waals surface area contributed by atoms with Crippen molar-refractivity contribution >= 4 is 45.0 Å². The summed E-state index contributed by atoms with van der Waals surface area (Å²) in [5, 5.41) is 0.463. The summed E-state index contributed by atoms with van der Waals surface area (Å²) in [5.74, 6) is -0.431. The van der Waals surface area contributed by atoms with Crippen LogP contribution < -0.4 is 0 Å². The van der Waals surface area contributed by atoms with Crippen molar-refractivity contribution in [3.8, 4) is 0 Å². The first kappa shape index (κ1) is 22.2. The van der Waals surface area contributed by atoms with Gasteiger partial charge in [0.15, 0.2) is 0 Å². The highest BCUT2D eigenvalue weighted by atomic mass is 35.5. The Kier molecular flexibility index (Phi) is 6.37. The van der Waals surface area contributed by atoms with Gasteiger partial charge in [0.25, 0.3) is 0 Å². The summed E-state index contributed by atoms with van der Waals surface area (Å²) in [6.07, 6.45) is 0.116. The Morgan fingerprint density at radius 2 is 1.58 bits per heavy atom. The van der Waals surface area contributed by atoms with Gasteiger partial charge in [-0.1, -0.05) is 53.5 Å². The number of amides is 2. The molecule has 2 fully saturated rings. The highest BCUT2D eigenvalue weighted by Crippen LogP contribution is 2.28. The number of rotatable bonds is 5. The third-order valence-electron chi connectivity index (χ3n) is 5.65. The molecule has 0 unspecified atom stereocenters. The first-order chi connectivity index (χ1) is 14.8. The fourth-order valence-corrected chi connectivity index (χ4v) is 5.74. The van der Waals surface area contributed by atoms with E-state index in [1.165, 1.54) is 27.4 Å². The lowest BCUT2D eigenvalue weighted by atomic mass is 10.2. The predicted octanol–water partition coefficient (Wildman–Crippen LogP) is 2.63. The van der Waals surface area contributed by atoms with Crippen LogP contribution in [0.15, 0.2) is 53.4 Å². The smallest absolute Gasteiger partial charge is 0.247 e. The Morgan fingerprint density at radius 3 is 2.23 bits per heavy atom. The maximum Gasteiger partial charge on any atom is 0.247 e. The van der Waals surface area contributed by atoms with Gasteiger partial charge in [0.1, 0.15) is 0 Å². The summed E-state index contributed by atoms with van der Waals surface area (Å²) in [6, 6.07) is 13.0. The minimum absolute atomic E-state index is 0.0801. The average molecular weight is 482 g/mol. The summed E-state index contributed by atoms with van der Waals surface area (Å²) in [6.45, 7) is 1.42. The molecule has 2 aliphatic heterocycles. The Morgan fingerprint density at radius 1 is 0.903 bits per heavy atom. The Bertz CT molecular complexity index is 1100. The molecule has 0 aromatic heterocycles. The summed E-state index contributed by atoms with van der Waals surface area (Å²) >= 11 is 11.9. The van der Waals surface area contributed by atoms with Gasteiger partial charge in [0.2, 0.25) is 21.8 Å². The van der Waals surface area contributed by atoms with E-state index in [0.29, 0.717) is 13.1 Å². The molecule has 1 atom stereocenters. The van der Waals surface area contributed by atoms with Gasteiger partial charge in [0, 0.05) is 26.2 Å². The lowest BCUT2D eigenvalue weighted by Crippen LogP contribution is -2.53. The molecule has 2 aliphatic rings. The molecule has 2 amide bonds. The van der Waals surface area contributed by atoms with Crippen molar-refractivity contribution in [2.45, 2.75) is 23.9 Å². The van der Waals surface area contributed by atoms with Crippen LogP contribution in [0.5, 0.6) is 0 Å². The van der Waals surface area contributed by atoms with E-state index < -0.39 is 16.1 Å². The fourth-order valence-electron chi connectivity index (χ4n) is 3.93. The van der Waals surface area contributed by atoms with Crippen LogP contribution in [0, 0.1) is 0 Å². The van der Waals surface area contributed by atoms with Crippen LogP contribution in [0.1, 0.15) is 12.0 Å². The Balaban J connectivity index is 1.41. The molecule has 7 nitrogen and oxygen atoms in total. The van der Waals surface area contributed by atoms with Gasteiger partial charge in [0.05, 0.1) is 33.9 Å². The molecule has 0 N–H and O–H groups in total. The lowest BCUT2D eigenvalue weighted by molar-refractivity contribution is -0.140. The largest absolute Gasteiger partial charge is 0.289 e. The number of halogens is 2. The highest BCUT2D eigenvalue weighted by molar-refractivity contribution is 7.89. The minimum Gasteiger partial charge on any atom is -0.289 e. The number of carbonyl (C=O) groups excluding carboxylic acids is 2. The monoisotopic (exact) mass is 481 g/mol. The van der Waals surface area contributed by atoms with E-state index in [9.17, 15) is 18.0 Å². The second-order valence-electron chi connectivity index (χ2n) is 7.54. The number of benzene rings is 2. The number of likely N-dealkylation sites (tertiary alicyclic amines) is 1. The van der Waals surface area contributed by atoms with E-state index in [0.717, 1.165) is 5.56 Å². The van der Waals surface area contributed by atoms with E-state index >= 15 is 0 Å². The number of piperazine rings is 1. The molecule has 10 heteroatoms. The van der Waals surface area contributed by atoms with Gasteiger partial charge in [-0.2, -0.15) is 4.31 Å².